The number of nitrogens with one attached hydrogen (secondary N) is 1. The minimum atomic E-state index is -3.57. The van der Waals surface area contributed by atoms with Gasteiger partial charge in [-0.05, 0) is 43.9 Å². The Hall–Kier alpha value is -0.330. The smallest absolute Gasteiger partial charge is 0.241 e. The van der Waals surface area contributed by atoms with Crippen molar-refractivity contribution in [3.8, 4) is 0 Å². The van der Waals surface area contributed by atoms with Crippen LogP contribution in [0.1, 0.15) is 19.8 Å². The van der Waals surface area contributed by atoms with E-state index >= 15 is 0 Å². The summed E-state index contributed by atoms with van der Waals surface area (Å²) in [5.74, 6) is 0.330. The fourth-order valence-electron chi connectivity index (χ4n) is 2.01. The lowest BCUT2D eigenvalue weighted by atomic mass is 9.98. The van der Waals surface area contributed by atoms with E-state index in [2.05, 4.69) is 4.72 Å². The minimum Gasteiger partial charge on any atom is -0.329 e. The van der Waals surface area contributed by atoms with Gasteiger partial charge in [0.05, 0.1) is 4.90 Å². The van der Waals surface area contributed by atoms with E-state index in [1.165, 1.54) is 12.1 Å². The normalized spacial score (nSPS) is 18.5. The number of benzene rings is 1. The fourth-order valence-corrected chi connectivity index (χ4v) is 3.79. The Bertz CT molecular complexity index is 546. The first-order chi connectivity index (χ1) is 8.37. The standard InChI is InChI=1S/C12H17ClN2O2S.ClH/c1-12(8-14,9-5-6-9)15-18(16,17)11-4-2-3-10(13)7-11;/h2-4,7,9,15H,5-6,8,14H2,1H3;1H. The number of sulfonamides is 1. The zero-order valence-corrected chi connectivity index (χ0v) is 13.0. The molecule has 1 atom stereocenters. The molecule has 1 saturated carbocycles. The molecule has 0 radical (unpaired) electrons. The summed E-state index contributed by atoms with van der Waals surface area (Å²) in [6, 6.07) is 6.23. The van der Waals surface area contributed by atoms with Gasteiger partial charge in [0, 0.05) is 17.1 Å². The second kappa shape index (κ2) is 5.97. The first-order valence-electron chi connectivity index (χ1n) is 5.87. The van der Waals surface area contributed by atoms with E-state index in [0.29, 0.717) is 10.9 Å². The van der Waals surface area contributed by atoms with Gasteiger partial charge in [0.25, 0.3) is 0 Å². The van der Waals surface area contributed by atoms with Crippen LogP contribution >= 0.6 is 24.0 Å². The van der Waals surface area contributed by atoms with E-state index in [1.54, 1.807) is 12.1 Å². The van der Waals surface area contributed by atoms with Crippen molar-refractivity contribution in [1.82, 2.24) is 4.72 Å². The molecule has 4 nitrogen and oxygen atoms in total. The van der Waals surface area contributed by atoms with Gasteiger partial charge in [-0.1, -0.05) is 17.7 Å². The SMILES string of the molecule is CC(CN)(NS(=O)(=O)c1cccc(Cl)c1)C1CC1.Cl. The van der Waals surface area contributed by atoms with Crippen LogP contribution in [-0.2, 0) is 10.0 Å². The zero-order valence-electron chi connectivity index (χ0n) is 10.6. The van der Waals surface area contributed by atoms with Crippen LogP contribution in [0.3, 0.4) is 0 Å². The molecule has 0 spiro atoms. The Balaban J connectivity index is 0.00000180. The molecule has 1 aliphatic rings. The Labute approximate surface area is 125 Å². The molecule has 2 rings (SSSR count). The fraction of sp³-hybridized carbons (Fsp3) is 0.500. The van der Waals surface area contributed by atoms with Crippen LogP contribution in [0.25, 0.3) is 0 Å². The average Bonchev–Trinajstić information content (AvgIpc) is 3.12. The van der Waals surface area contributed by atoms with Crippen molar-refractivity contribution in [3.63, 3.8) is 0 Å². The zero-order chi connectivity index (χ0) is 13.4. The van der Waals surface area contributed by atoms with E-state index in [4.69, 9.17) is 17.3 Å². The van der Waals surface area contributed by atoms with Crippen molar-refractivity contribution in [3.05, 3.63) is 29.3 Å². The predicted molar refractivity (Wildman–Crippen MR) is 79.2 cm³/mol. The van der Waals surface area contributed by atoms with Crippen LogP contribution in [0, 0.1) is 5.92 Å². The summed E-state index contributed by atoms with van der Waals surface area (Å²) in [5, 5.41) is 0.402. The molecular formula is C12H18Cl2N2O2S. The minimum absolute atomic E-state index is 0. The molecular weight excluding hydrogens is 307 g/mol. The third-order valence-electron chi connectivity index (χ3n) is 3.38. The quantitative estimate of drug-likeness (QED) is 0.871. The summed E-state index contributed by atoms with van der Waals surface area (Å²) in [7, 11) is -3.57. The monoisotopic (exact) mass is 324 g/mol. The molecule has 1 aromatic carbocycles. The van der Waals surface area contributed by atoms with E-state index in [-0.39, 0.29) is 23.8 Å². The molecule has 0 aliphatic heterocycles. The number of rotatable bonds is 5. The summed E-state index contributed by atoms with van der Waals surface area (Å²) >= 11 is 5.81. The van der Waals surface area contributed by atoms with Gasteiger partial charge in [0.15, 0.2) is 0 Å². The molecule has 1 fully saturated rings. The lowest BCUT2D eigenvalue weighted by Gasteiger charge is -2.29. The summed E-state index contributed by atoms with van der Waals surface area (Å²) in [5.41, 5.74) is 5.14. The molecule has 1 aromatic rings. The molecule has 7 heteroatoms. The van der Waals surface area contributed by atoms with Gasteiger partial charge in [0.1, 0.15) is 0 Å². The second-order valence-corrected chi connectivity index (χ2v) is 7.08. The maximum atomic E-state index is 12.3. The van der Waals surface area contributed by atoms with Crippen LogP contribution in [-0.4, -0.2) is 20.5 Å². The van der Waals surface area contributed by atoms with Crippen molar-refractivity contribution >= 4 is 34.0 Å². The lowest BCUT2D eigenvalue weighted by molar-refractivity contribution is 0.374. The van der Waals surface area contributed by atoms with Gasteiger partial charge in [0.2, 0.25) is 10.0 Å². The van der Waals surface area contributed by atoms with Crippen LogP contribution in [0.2, 0.25) is 5.02 Å². The highest BCUT2D eigenvalue weighted by molar-refractivity contribution is 7.89. The summed E-state index contributed by atoms with van der Waals surface area (Å²) in [6.07, 6.45) is 2.04. The summed E-state index contributed by atoms with van der Waals surface area (Å²) in [4.78, 5) is 0.176. The molecule has 0 aromatic heterocycles. The second-order valence-electron chi connectivity index (χ2n) is 4.96. The summed E-state index contributed by atoms with van der Waals surface area (Å²) in [6.45, 7) is 2.14. The Morgan fingerprint density at radius 1 is 1.47 bits per heavy atom. The van der Waals surface area contributed by atoms with Gasteiger partial charge >= 0.3 is 0 Å². The molecule has 0 saturated heterocycles. The van der Waals surface area contributed by atoms with E-state index in [1.807, 2.05) is 6.92 Å². The third kappa shape index (κ3) is 3.83. The van der Waals surface area contributed by atoms with Gasteiger partial charge in [-0.3, -0.25) is 0 Å². The van der Waals surface area contributed by atoms with Crippen molar-refractivity contribution in [1.29, 1.82) is 0 Å². The van der Waals surface area contributed by atoms with Crippen LogP contribution in [0.4, 0.5) is 0 Å². The highest BCUT2D eigenvalue weighted by atomic mass is 35.5. The Morgan fingerprint density at radius 3 is 2.58 bits per heavy atom. The van der Waals surface area contributed by atoms with E-state index < -0.39 is 15.6 Å². The first-order valence-corrected chi connectivity index (χ1v) is 7.73. The van der Waals surface area contributed by atoms with E-state index in [0.717, 1.165) is 12.8 Å². The number of halogens is 2. The maximum absolute atomic E-state index is 12.3. The van der Waals surface area contributed by atoms with Crippen LogP contribution in [0.15, 0.2) is 29.2 Å². The first kappa shape index (κ1) is 16.7. The maximum Gasteiger partial charge on any atom is 0.241 e. The van der Waals surface area contributed by atoms with Gasteiger partial charge in [-0.25, -0.2) is 13.1 Å². The topological polar surface area (TPSA) is 72.2 Å². The van der Waals surface area contributed by atoms with E-state index in [9.17, 15) is 8.42 Å². The summed E-state index contributed by atoms with van der Waals surface area (Å²) < 4.78 is 27.2. The van der Waals surface area contributed by atoms with Gasteiger partial charge < -0.3 is 5.73 Å². The largest absolute Gasteiger partial charge is 0.329 e. The number of hydrogen-bond donors (Lipinski definition) is 2. The Morgan fingerprint density at radius 2 is 2.11 bits per heavy atom. The molecule has 0 heterocycles. The van der Waals surface area contributed by atoms with Crippen molar-refractivity contribution in [2.45, 2.75) is 30.2 Å². The number of hydrogen-bond acceptors (Lipinski definition) is 3. The van der Waals surface area contributed by atoms with Crippen molar-refractivity contribution in [2.75, 3.05) is 6.54 Å². The predicted octanol–water partition coefficient (Wildman–Crippen LogP) is 2.17. The number of nitrogens with two attached hydrogens (primary N) is 1. The van der Waals surface area contributed by atoms with Crippen LogP contribution < -0.4 is 10.5 Å². The molecule has 19 heavy (non-hydrogen) atoms. The highest BCUT2D eigenvalue weighted by Gasteiger charge is 2.43. The van der Waals surface area contributed by atoms with Gasteiger partial charge in [-0.2, -0.15) is 0 Å². The van der Waals surface area contributed by atoms with Crippen molar-refractivity contribution < 1.29 is 8.42 Å². The molecule has 0 amide bonds. The molecule has 1 aliphatic carbocycles. The molecule has 108 valence electrons. The highest BCUT2D eigenvalue weighted by Crippen LogP contribution is 2.39. The Kier molecular flexibility index (Phi) is 5.26. The lowest BCUT2D eigenvalue weighted by Crippen LogP contribution is -2.52. The van der Waals surface area contributed by atoms with Gasteiger partial charge in [-0.15, -0.1) is 12.4 Å². The molecule has 3 N–H and O–H groups in total. The molecule has 1 unspecified atom stereocenters. The third-order valence-corrected chi connectivity index (χ3v) is 5.22. The van der Waals surface area contributed by atoms with Crippen LogP contribution in [0.5, 0.6) is 0 Å². The van der Waals surface area contributed by atoms with Crippen molar-refractivity contribution in [2.24, 2.45) is 11.7 Å². The average molecular weight is 325 g/mol. The molecule has 0 bridgehead atoms.